The van der Waals surface area contributed by atoms with Crippen molar-refractivity contribution in [1.82, 2.24) is 14.9 Å². The number of ether oxygens (including phenoxy) is 1. The second kappa shape index (κ2) is 6.89. The monoisotopic (exact) mass is 388 g/mol. The molecule has 3 aromatic rings. The van der Waals surface area contributed by atoms with Crippen LogP contribution < -0.4 is 4.74 Å². The van der Waals surface area contributed by atoms with Crippen LogP contribution in [0.1, 0.15) is 5.56 Å². The van der Waals surface area contributed by atoms with Gasteiger partial charge in [0.15, 0.2) is 5.82 Å². The fourth-order valence-electron chi connectivity index (χ4n) is 2.06. The summed E-state index contributed by atoms with van der Waals surface area (Å²) >= 11 is 8.71. The predicted molar refractivity (Wildman–Crippen MR) is 96.5 cm³/mol. The van der Waals surface area contributed by atoms with E-state index in [4.69, 9.17) is 17.0 Å². The Morgan fingerprint density at radius 1 is 1.26 bits per heavy atom. The number of H-pyrrole nitrogens is 1. The number of benzene rings is 2. The third-order valence-corrected chi connectivity index (χ3v) is 3.91. The summed E-state index contributed by atoms with van der Waals surface area (Å²) in [6.45, 7) is 0. The molecular formula is C16H13BrN4OS. The van der Waals surface area contributed by atoms with E-state index in [1.807, 2.05) is 48.5 Å². The third kappa shape index (κ3) is 3.57. The number of aromatic amines is 1. The molecule has 1 heterocycles. The largest absolute Gasteiger partial charge is 0.497 e. The Kier molecular flexibility index (Phi) is 4.68. The van der Waals surface area contributed by atoms with Gasteiger partial charge in [0, 0.05) is 10.0 Å². The van der Waals surface area contributed by atoms with Gasteiger partial charge in [-0.15, -0.1) is 0 Å². The molecule has 2 aromatic carbocycles. The molecule has 0 spiro atoms. The van der Waals surface area contributed by atoms with Crippen molar-refractivity contribution in [1.29, 1.82) is 0 Å². The van der Waals surface area contributed by atoms with Crippen LogP contribution in [-0.2, 0) is 0 Å². The molecule has 23 heavy (non-hydrogen) atoms. The van der Waals surface area contributed by atoms with Crippen LogP contribution in [-0.4, -0.2) is 28.2 Å². The molecule has 0 radical (unpaired) electrons. The van der Waals surface area contributed by atoms with E-state index in [1.54, 1.807) is 18.0 Å². The van der Waals surface area contributed by atoms with Gasteiger partial charge in [-0.25, -0.2) is 5.10 Å². The zero-order valence-electron chi connectivity index (χ0n) is 12.2. The van der Waals surface area contributed by atoms with Crippen molar-refractivity contribution in [3.05, 3.63) is 63.3 Å². The van der Waals surface area contributed by atoms with Crippen LogP contribution in [0.4, 0.5) is 0 Å². The minimum absolute atomic E-state index is 0.425. The molecule has 0 aliphatic heterocycles. The molecule has 0 atom stereocenters. The van der Waals surface area contributed by atoms with Crippen molar-refractivity contribution >= 4 is 34.4 Å². The Hall–Kier alpha value is -2.25. The number of nitrogens with one attached hydrogen (secondary N) is 1. The fourth-order valence-corrected chi connectivity index (χ4v) is 2.66. The molecule has 0 aliphatic rings. The van der Waals surface area contributed by atoms with E-state index in [9.17, 15) is 0 Å². The number of methoxy groups -OCH3 is 1. The highest BCUT2D eigenvalue weighted by Gasteiger charge is 2.08. The number of hydrogen-bond acceptors (Lipinski definition) is 4. The van der Waals surface area contributed by atoms with Crippen LogP contribution >= 0.6 is 28.1 Å². The zero-order valence-corrected chi connectivity index (χ0v) is 14.6. The normalized spacial score (nSPS) is 11.0. The first-order valence-electron chi connectivity index (χ1n) is 6.79. The lowest BCUT2D eigenvalue weighted by Gasteiger charge is -2.04. The highest BCUT2D eigenvalue weighted by molar-refractivity contribution is 9.10. The van der Waals surface area contributed by atoms with Crippen LogP contribution in [0, 0.1) is 4.77 Å². The molecule has 7 heteroatoms. The van der Waals surface area contributed by atoms with Gasteiger partial charge in [-0.2, -0.15) is 14.9 Å². The molecular weight excluding hydrogens is 376 g/mol. The van der Waals surface area contributed by atoms with Crippen LogP contribution in [0.5, 0.6) is 5.75 Å². The van der Waals surface area contributed by atoms with Crippen LogP contribution in [0.25, 0.3) is 11.4 Å². The first-order chi connectivity index (χ1) is 11.2. The lowest BCUT2D eigenvalue weighted by Crippen LogP contribution is -1.95. The van der Waals surface area contributed by atoms with Gasteiger partial charge < -0.3 is 4.74 Å². The van der Waals surface area contributed by atoms with Crippen molar-refractivity contribution in [2.75, 3.05) is 7.11 Å². The van der Waals surface area contributed by atoms with Gasteiger partial charge in [0.2, 0.25) is 4.77 Å². The summed E-state index contributed by atoms with van der Waals surface area (Å²) in [5, 5.41) is 11.5. The number of halogens is 1. The smallest absolute Gasteiger partial charge is 0.216 e. The number of nitrogens with zero attached hydrogens (tertiary/aromatic N) is 3. The third-order valence-electron chi connectivity index (χ3n) is 3.15. The van der Waals surface area contributed by atoms with Gasteiger partial charge in [-0.3, -0.25) is 0 Å². The van der Waals surface area contributed by atoms with E-state index < -0.39 is 0 Å². The molecule has 1 aromatic heterocycles. The van der Waals surface area contributed by atoms with Crippen molar-refractivity contribution in [2.45, 2.75) is 0 Å². The Bertz CT molecular complexity index is 916. The van der Waals surface area contributed by atoms with E-state index in [-0.39, 0.29) is 0 Å². The summed E-state index contributed by atoms with van der Waals surface area (Å²) in [5.41, 5.74) is 1.82. The van der Waals surface area contributed by atoms with Crippen LogP contribution in [0.2, 0.25) is 0 Å². The van der Waals surface area contributed by atoms with E-state index in [0.717, 1.165) is 21.3 Å². The molecule has 116 valence electrons. The summed E-state index contributed by atoms with van der Waals surface area (Å²) in [7, 11) is 1.63. The quantitative estimate of drug-likeness (QED) is 0.536. The maximum atomic E-state index is 5.27. The Labute approximate surface area is 146 Å². The first kappa shape index (κ1) is 15.6. The average Bonchev–Trinajstić information content (AvgIpc) is 2.94. The Morgan fingerprint density at radius 3 is 2.87 bits per heavy atom. The van der Waals surface area contributed by atoms with E-state index in [1.165, 1.54) is 0 Å². The molecule has 0 bridgehead atoms. The van der Waals surface area contributed by atoms with Gasteiger partial charge in [-0.1, -0.05) is 40.2 Å². The number of rotatable bonds is 4. The van der Waals surface area contributed by atoms with Crippen molar-refractivity contribution < 1.29 is 4.74 Å². The summed E-state index contributed by atoms with van der Waals surface area (Å²) in [5.74, 6) is 1.37. The molecule has 0 amide bonds. The molecule has 1 N–H and O–H groups in total. The molecule has 5 nitrogen and oxygen atoms in total. The summed E-state index contributed by atoms with van der Waals surface area (Å²) in [4.78, 5) is 0. The highest BCUT2D eigenvalue weighted by atomic mass is 79.9. The van der Waals surface area contributed by atoms with Gasteiger partial charge in [0.1, 0.15) is 5.75 Å². The molecule has 0 saturated heterocycles. The number of hydrogen-bond donors (Lipinski definition) is 1. The molecule has 3 rings (SSSR count). The fraction of sp³-hybridized carbons (Fsp3) is 0.0625. The second-order valence-electron chi connectivity index (χ2n) is 4.70. The average molecular weight is 389 g/mol. The van der Waals surface area contributed by atoms with E-state index >= 15 is 0 Å². The second-order valence-corrected chi connectivity index (χ2v) is 6.00. The summed E-state index contributed by atoms with van der Waals surface area (Å²) < 4.78 is 8.25. The Balaban J connectivity index is 2.00. The summed E-state index contributed by atoms with van der Waals surface area (Å²) in [6.07, 6.45) is 1.74. The molecule has 0 saturated carbocycles. The molecule has 0 unspecified atom stereocenters. The van der Waals surface area contributed by atoms with E-state index in [0.29, 0.717) is 10.6 Å². The van der Waals surface area contributed by atoms with Crippen molar-refractivity contribution in [3.63, 3.8) is 0 Å². The van der Waals surface area contributed by atoms with Crippen molar-refractivity contribution in [2.24, 2.45) is 5.10 Å². The van der Waals surface area contributed by atoms with Gasteiger partial charge >= 0.3 is 0 Å². The van der Waals surface area contributed by atoms with Crippen molar-refractivity contribution in [3.8, 4) is 17.1 Å². The lowest BCUT2D eigenvalue weighted by molar-refractivity contribution is 0.415. The maximum absolute atomic E-state index is 5.27. The van der Waals surface area contributed by atoms with E-state index in [2.05, 4.69) is 31.2 Å². The van der Waals surface area contributed by atoms with Crippen LogP contribution in [0.15, 0.2) is 58.1 Å². The van der Waals surface area contributed by atoms with Crippen LogP contribution in [0.3, 0.4) is 0 Å². The molecule has 0 fully saturated rings. The maximum Gasteiger partial charge on any atom is 0.216 e. The Morgan fingerprint density at radius 2 is 2.09 bits per heavy atom. The zero-order chi connectivity index (χ0) is 16.2. The SMILES string of the molecule is COc1cccc(-c2n[nH]c(=S)n2/N=C/c2cccc(Br)c2)c1. The van der Waals surface area contributed by atoms with Gasteiger partial charge in [0.25, 0.3) is 0 Å². The standard InChI is InChI=1S/C16H13BrN4OS/c1-22-14-7-3-5-12(9-14)15-19-20-16(23)21(15)18-10-11-4-2-6-13(17)8-11/h2-10H,1H3,(H,20,23)/b18-10+. The molecule has 0 aliphatic carbocycles. The van der Waals surface area contributed by atoms with Gasteiger partial charge in [-0.05, 0) is 42.0 Å². The summed E-state index contributed by atoms with van der Waals surface area (Å²) in [6, 6.07) is 15.4. The number of aromatic nitrogens is 3. The highest BCUT2D eigenvalue weighted by Crippen LogP contribution is 2.22. The van der Waals surface area contributed by atoms with Gasteiger partial charge in [0.05, 0.1) is 13.3 Å². The first-order valence-corrected chi connectivity index (χ1v) is 7.99. The topological polar surface area (TPSA) is 55.2 Å². The lowest BCUT2D eigenvalue weighted by atomic mass is 10.2. The predicted octanol–water partition coefficient (Wildman–Crippen LogP) is 4.26. The minimum Gasteiger partial charge on any atom is -0.497 e. The minimum atomic E-state index is 0.425.